The minimum atomic E-state index is 0.471. The Labute approximate surface area is 118 Å². The van der Waals surface area contributed by atoms with Gasteiger partial charge >= 0.3 is 0 Å². The molecule has 0 aliphatic heterocycles. The van der Waals surface area contributed by atoms with Crippen LogP contribution in [0, 0.1) is 0 Å². The van der Waals surface area contributed by atoms with Crippen molar-refractivity contribution in [3.05, 3.63) is 41.3 Å². The van der Waals surface area contributed by atoms with Crippen LogP contribution in [-0.4, -0.2) is 19.7 Å². The van der Waals surface area contributed by atoms with Gasteiger partial charge in [0.1, 0.15) is 5.69 Å². The molecule has 3 N–H and O–H groups in total. The number of hydrogen-bond acceptors (Lipinski definition) is 3. The van der Waals surface area contributed by atoms with E-state index in [1.54, 1.807) is 6.33 Å². The molecular weight excluding hydrogens is 306 g/mol. The molecule has 0 saturated carbocycles. The summed E-state index contributed by atoms with van der Waals surface area (Å²) in [4.78, 5) is 4.33. The van der Waals surface area contributed by atoms with Crippen molar-refractivity contribution in [3.8, 4) is 22.5 Å². The predicted molar refractivity (Wildman–Crippen MR) is 78.3 cm³/mol. The van der Waals surface area contributed by atoms with Crippen LogP contribution in [0.4, 0.5) is 5.82 Å². The third-order valence-corrected chi connectivity index (χ3v) is 3.36. The van der Waals surface area contributed by atoms with E-state index in [-0.39, 0.29) is 0 Å². The molecular formula is C13H12BrN5. The maximum atomic E-state index is 5.98. The zero-order chi connectivity index (χ0) is 13.4. The maximum absolute atomic E-state index is 5.98. The van der Waals surface area contributed by atoms with E-state index >= 15 is 0 Å². The molecule has 6 heteroatoms. The van der Waals surface area contributed by atoms with Gasteiger partial charge in [0, 0.05) is 17.7 Å². The van der Waals surface area contributed by atoms with Crippen LogP contribution in [0.15, 0.2) is 41.3 Å². The van der Waals surface area contributed by atoms with Crippen LogP contribution >= 0.6 is 15.9 Å². The number of aromatic amines is 1. The second-order valence-electron chi connectivity index (χ2n) is 4.29. The molecule has 2 heterocycles. The molecule has 2 aromatic heterocycles. The first-order valence-corrected chi connectivity index (χ1v) is 6.52. The number of imidazole rings is 1. The highest BCUT2D eigenvalue weighted by molar-refractivity contribution is 9.10. The number of nitrogens with two attached hydrogens (primary N) is 1. The minimum Gasteiger partial charge on any atom is -0.382 e. The van der Waals surface area contributed by atoms with Crippen molar-refractivity contribution in [1.29, 1.82) is 0 Å². The van der Waals surface area contributed by atoms with Crippen molar-refractivity contribution < 1.29 is 0 Å². The van der Waals surface area contributed by atoms with Gasteiger partial charge in [0.05, 0.1) is 17.6 Å². The van der Waals surface area contributed by atoms with E-state index in [0.717, 1.165) is 27.0 Å². The van der Waals surface area contributed by atoms with Gasteiger partial charge in [0.15, 0.2) is 5.82 Å². The van der Waals surface area contributed by atoms with Crippen molar-refractivity contribution in [2.24, 2.45) is 7.05 Å². The minimum absolute atomic E-state index is 0.471. The number of benzene rings is 1. The smallest absolute Gasteiger partial charge is 0.153 e. The number of rotatable bonds is 2. The van der Waals surface area contributed by atoms with Crippen LogP contribution in [0.25, 0.3) is 22.5 Å². The summed E-state index contributed by atoms with van der Waals surface area (Å²) in [5.41, 5.74) is 9.50. The number of nitrogens with one attached hydrogen (secondary N) is 1. The molecule has 0 spiro atoms. The van der Waals surface area contributed by atoms with E-state index in [1.165, 1.54) is 0 Å². The van der Waals surface area contributed by atoms with E-state index in [0.29, 0.717) is 5.82 Å². The van der Waals surface area contributed by atoms with Crippen LogP contribution in [0.3, 0.4) is 0 Å². The number of aromatic nitrogens is 4. The number of aryl methyl sites for hydroxylation is 1. The molecule has 1 aromatic carbocycles. The lowest BCUT2D eigenvalue weighted by Crippen LogP contribution is -1.89. The highest BCUT2D eigenvalue weighted by atomic mass is 79.9. The SMILES string of the molecule is Cn1cnc(-c2[nH]nc(N)c2-c2cccc(Br)c2)c1. The van der Waals surface area contributed by atoms with Crippen LogP contribution < -0.4 is 5.73 Å². The van der Waals surface area contributed by atoms with Gasteiger partial charge in [0.25, 0.3) is 0 Å². The third kappa shape index (κ3) is 2.15. The average molecular weight is 318 g/mol. The van der Waals surface area contributed by atoms with Crippen molar-refractivity contribution in [1.82, 2.24) is 19.7 Å². The van der Waals surface area contributed by atoms with Gasteiger partial charge in [-0.15, -0.1) is 0 Å². The molecule has 5 nitrogen and oxygen atoms in total. The van der Waals surface area contributed by atoms with Gasteiger partial charge in [-0.3, -0.25) is 5.10 Å². The van der Waals surface area contributed by atoms with Crippen LogP contribution in [0.5, 0.6) is 0 Å². The second-order valence-corrected chi connectivity index (χ2v) is 5.21. The lowest BCUT2D eigenvalue weighted by Gasteiger charge is -2.03. The first-order valence-electron chi connectivity index (χ1n) is 5.73. The van der Waals surface area contributed by atoms with Crippen LogP contribution in [-0.2, 0) is 7.05 Å². The molecule has 0 saturated heterocycles. The van der Waals surface area contributed by atoms with Gasteiger partial charge < -0.3 is 10.3 Å². The lowest BCUT2D eigenvalue weighted by atomic mass is 10.0. The summed E-state index contributed by atoms with van der Waals surface area (Å²) in [6.07, 6.45) is 3.67. The number of nitrogens with zero attached hydrogens (tertiary/aromatic N) is 3. The highest BCUT2D eigenvalue weighted by Crippen LogP contribution is 2.34. The van der Waals surface area contributed by atoms with E-state index in [4.69, 9.17) is 5.73 Å². The quantitative estimate of drug-likeness (QED) is 0.763. The van der Waals surface area contributed by atoms with E-state index in [1.807, 2.05) is 42.1 Å². The van der Waals surface area contributed by atoms with Crippen LogP contribution in [0.2, 0.25) is 0 Å². The molecule has 3 aromatic rings. The molecule has 0 bridgehead atoms. The Bertz CT molecular complexity index is 728. The molecule has 3 rings (SSSR count). The molecule has 0 unspecified atom stereocenters. The van der Waals surface area contributed by atoms with Gasteiger partial charge in [-0.25, -0.2) is 4.98 Å². The summed E-state index contributed by atoms with van der Waals surface area (Å²) in [7, 11) is 1.93. The molecule has 0 radical (unpaired) electrons. The number of hydrogen-bond donors (Lipinski definition) is 2. The summed E-state index contributed by atoms with van der Waals surface area (Å²) >= 11 is 3.47. The first-order chi connectivity index (χ1) is 9.15. The van der Waals surface area contributed by atoms with E-state index < -0.39 is 0 Å². The Morgan fingerprint density at radius 3 is 2.89 bits per heavy atom. The lowest BCUT2D eigenvalue weighted by molar-refractivity contribution is 0.913. The fourth-order valence-corrected chi connectivity index (χ4v) is 2.42. The van der Waals surface area contributed by atoms with E-state index in [2.05, 4.69) is 31.1 Å². The summed E-state index contributed by atoms with van der Waals surface area (Å²) < 4.78 is 2.88. The second kappa shape index (κ2) is 4.55. The summed E-state index contributed by atoms with van der Waals surface area (Å²) in [5.74, 6) is 0.471. The highest BCUT2D eigenvalue weighted by Gasteiger charge is 2.16. The van der Waals surface area contributed by atoms with Gasteiger partial charge in [-0.05, 0) is 17.7 Å². The predicted octanol–water partition coefficient (Wildman–Crippen LogP) is 2.82. The number of halogens is 1. The Hall–Kier alpha value is -2.08. The van der Waals surface area contributed by atoms with Crippen molar-refractivity contribution >= 4 is 21.7 Å². The summed E-state index contributed by atoms with van der Waals surface area (Å²) in [6, 6.07) is 7.94. The molecule has 0 atom stereocenters. The third-order valence-electron chi connectivity index (χ3n) is 2.87. The molecule has 19 heavy (non-hydrogen) atoms. The Morgan fingerprint density at radius 2 is 2.21 bits per heavy atom. The first kappa shape index (κ1) is 12.0. The Kier molecular flexibility index (Phi) is 2.87. The molecule has 0 aliphatic carbocycles. The maximum Gasteiger partial charge on any atom is 0.153 e. The molecule has 0 fully saturated rings. The Morgan fingerprint density at radius 1 is 1.37 bits per heavy atom. The van der Waals surface area contributed by atoms with Crippen molar-refractivity contribution in [3.63, 3.8) is 0 Å². The topological polar surface area (TPSA) is 72.5 Å². The Balaban J connectivity index is 2.19. The van der Waals surface area contributed by atoms with E-state index in [9.17, 15) is 0 Å². The average Bonchev–Trinajstić information content (AvgIpc) is 2.95. The van der Waals surface area contributed by atoms with Crippen molar-refractivity contribution in [2.45, 2.75) is 0 Å². The normalized spacial score (nSPS) is 10.8. The van der Waals surface area contributed by atoms with Crippen molar-refractivity contribution in [2.75, 3.05) is 5.73 Å². The zero-order valence-corrected chi connectivity index (χ0v) is 11.8. The van der Waals surface area contributed by atoms with Gasteiger partial charge in [-0.2, -0.15) is 5.10 Å². The molecule has 0 aliphatic rings. The van der Waals surface area contributed by atoms with Gasteiger partial charge in [-0.1, -0.05) is 28.1 Å². The fourth-order valence-electron chi connectivity index (χ4n) is 2.02. The molecule has 96 valence electrons. The number of nitrogen functional groups attached to an aromatic ring is 1. The largest absolute Gasteiger partial charge is 0.382 e. The van der Waals surface area contributed by atoms with Gasteiger partial charge in [0.2, 0.25) is 0 Å². The van der Waals surface area contributed by atoms with Crippen LogP contribution in [0.1, 0.15) is 0 Å². The zero-order valence-electron chi connectivity index (χ0n) is 10.3. The standard InChI is InChI=1S/C13H12BrN5/c1-19-6-10(16-7-19)12-11(13(15)18-17-12)8-3-2-4-9(14)5-8/h2-7H,1H3,(H3,15,17,18). The summed E-state index contributed by atoms with van der Waals surface area (Å²) in [5, 5.41) is 7.05. The number of H-pyrrole nitrogens is 1. The fraction of sp³-hybridized carbons (Fsp3) is 0.0769. The summed E-state index contributed by atoms with van der Waals surface area (Å²) in [6.45, 7) is 0. The number of anilines is 1. The monoisotopic (exact) mass is 317 g/mol. The molecule has 0 amide bonds.